The monoisotopic (exact) mass is 491 g/mol. The number of carbonyl (C=O) groups is 3. The highest BCUT2D eigenvalue weighted by molar-refractivity contribution is 8.00. The second-order valence-corrected chi connectivity index (χ2v) is 11.2. The summed E-state index contributed by atoms with van der Waals surface area (Å²) in [6.07, 6.45) is 0.0674. The maximum absolute atomic E-state index is 12.9. The van der Waals surface area contributed by atoms with Crippen LogP contribution in [0.3, 0.4) is 0 Å². The molecule has 178 valence electrons. The lowest BCUT2D eigenvalue weighted by Gasteiger charge is -2.30. The van der Waals surface area contributed by atoms with Gasteiger partial charge in [0.2, 0.25) is 5.91 Å². The Labute approximate surface area is 201 Å². The zero-order valence-electron chi connectivity index (χ0n) is 19.4. The molecule has 0 saturated carbocycles. The van der Waals surface area contributed by atoms with Gasteiger partial charge in [-0.25, -0.2) is 9.59 Å². The molecule has 33 heavy (non-hydrogen) atoms. The maximum atomic E-state index is 12.9. The minimum atomic E-state index is -0.597. The van der Waals surface area contributed by atoms with Crippen molar-refractivity contribution in [3.63, 3.8) is 0 Å². The first-order valence-electron chi connectivity index (χ1n) is 10.5. The molecule has 3 N–H and O–H groups in total. The predicted octanol–water partition coefficient (Wildman–Crippen LogP) is 4.53. The second-order valence-electron chi connectivity index (χ2n) is 8.67. The normalized spacial score (nSPS) is 14.3. The number of carbonyl (C=O) groups excluding carboxylic acids is 3. The summed E-state index contributed by atoms with van der Waals surface area (Å²) in [6, 6.07) is 7.32. The van der Waals surface area contributed by atoms with Gasteiger partial charge < -0.3 is 25.4 Å². The number of rotatable bonds is 5. The fourth-order valence-corrected chi connectivity index (χ4v) is 5.54. The number of hydrogen-bond donors (Lipinski definition) is 2. The highest BCUT2D eigenvalue weighted by Crippen LogP contribution is 2.38. The number of esters is 1. The van der Waals surface area contributed by atoms with E-state index in [1.807, 2.05) is 39.0 Å². The molecule has 0 fully saturated rings. The van der Waals surface area contributed by atoms with Gasteiger partial charge in [0.05, 0.1) is 24.5 Å². The van der Waals surface area contributed by atoms with Gasteiger partial charge in [0.15, 0.2) is 0 Å². The SMILES string of the molecule is COC(=O)c1c(NC(=O)C(C)Sc2cccc(N)c2)sc2c1CCN(C(=O)OC(C)(C)C)C2. The van der Waals surface area contributed by atoms with Crippen LogP contribution in [0.5, 0.6) is 0 Å². The summed E-state index contributed by atoms with van der Waals surface area (Å²) in [7, 11) is 1.31. The molecule has 0 aliphatic carbocycles. The molecule has 2 aromatic rings. The van der Waals surface area contributed by atoms with E-state index in [9.17, 15) is 14.4 Å². The van der Waals surface area contributed by atoms with Crippen molar-refractivity contribution in [2.24, 2.45) is 0 Å². The van der Waals surface area contributed by atoms with Crippen molar-refractivity contribution in [1.82, 2.24) is 4.90 Å². The van der Waals surface area contributed by atoms with Crippen molar-refractivity contribution < 1.29 is 23.9 Å². The maximum Gasteiger partial charge on any atom is 0.410 e. The number of anilines is 2. The number of amides is 2. The van der Waals surface area contributed by atoms with E-state index >= 15 is 0 Å². The number of methoxy groups -OCH3 is 1. The first-order valence-corrected chi connectivity index (χ1v) is 12.2. The van der Waals surface area contributed by atoms with Crippen LogP contribution in [-0.4, -0.2) is 47.4 Å². The fourth-order valence-electron chi connectivity index (χ4n) is 3.35. The molecule has 0 spiro atoms. The average Bonchev–Trinajstić information content (AvgIpc) is 3.08. The zero-order valence-corrected chi connectivity index (χ0v) is 21.0. The van der Waals surface area contributed by atoms with Crippen LogP contribution in [-0.2, 0) is 27.2 Å². The highest BCUT2D eigenvalue weighted by atomic mass is 32.2. The van der Waals surface area contributed by atoms with Crippen LogP contribution in [0.2, 0.25) is 0 Å². The third-order valence-electron chi connectivity index (χ3n) is 4.88. The van der Waals surface area contributed by atoms with Crippen LogP contribution in [0.25, 0.3) is 0 Å². The third kappa shape index (κ3) is 6.20. The van der Waals surface area contributed by atoms with E-state index in [4.69, 9.17) is 15.2 Å². The quantitative estimate of drug-likeness (QED) is 0.359. The van der Waals surface area contributed by atoms with Gasteiger partial charge in [0, 0.05) is 22.0 Å². The lowest BCUT2D eigenvalue weighted by molar-refractivity contribution is -0.115. The van der Waals surface area contributed by atoms with Crippen LogP contribution < -0.4 is 11.1 Å². The van der Waals surface area contributed by atoms with Gasteiger partial charge in [0.25, 0.3) is 0 Å². The van der Waals surface area contributed by atoms with Gasteiger partial charge in [-0.05, 0) is 57.9 Å². The van der Waals surface area contributed by atoms with Crippen LogP contribution in [0.15, 0.2) is 29.2 Å². The summed E-state index contributed by atoms with van der Waals surface area (Å²) in [5.74, 6) is -0.750. The van der Waals surface area contributed by atoms with Crippen LogP contribution in [0.1, 0.15) is 48.5 Å². The first-order chi connectivity index (χ1) is 15.5. The Kier molecular flexibility index (Phi) is 7.58. The molecule has 2 amide bonds. The van der Waals surface area contributed by atoms with Gasteiger partial charge in [-0.3, -0.25) is 4.79 Å². The molecule has 1 unspecified atom stereocenters. The number of benzene rings is 1. The standard InChI is InChI=1S/C23H29N3O5S2/c1-13(32-15-8-6-7-14(24)11-15)19(27)25-20-18(21(28)30-5)16-9-10-26(12-17(16)33-20)22(29)31-23(2,3)4/h6-8,11,13H,9-10,12,24H2,1-5H3,(H,25,27). The third-order valence-corrected chi connectivity index (χ3v) is 7.10. The van der Waals surface area contributed by atoms with Crippen molar-refractivity contribution in [3.8, 4) is 0 Å². The molecular formula is C23H29N3O5S2. The Hall–Kier alpha value is -2.72. The summed E-state index contributed by atoms with van der Waals surface area (Å²) in [5, 5.41) is 2.90. The zero-order chi connectivity index (χ0) is 24.3. The van der Waals surface area contributed by atoms with E-state index in [0.717, 1.165) is 15.3 Å². The molecule has 10 heteroatoms. The smallest absolute Gasteiger partial charge is 0.410 e. The van der Waals surface area contributed by atoms with Crippen LogP contribution >= 0.6 is 23.1 Å². The van der Waals surface area contributed by atoms with Crippen LogP contribution in [0.4, 0.5) is 15.5 Å². The lowest BCUT2D eigenvalue weighted by Crippen LogP contribution is -2.39. The number of fused-ring (bicyclic) bond motifs is 1. The molecular weight excluding hydrogens is 462 g/mol. The first kappa shape index (κ1) is 24.9. The van der Waals surface area contributed by atoms with Crippen molar-refractivity contribution in [2.45, 2.75) is 56.4 Å². The summed E-state index contributed by atoms with van der Waals surface area (Å²) >= 11 is 2.66. The van der Waals surface area contributed by atoms with E-state index in [0.29, 0.717) is 35.8 Å². The van der Waals surface area contributed by atoms with E-state index in [-0.39, 0.29) is 5.91 Å². The summed E-state index contributed by atoms with van der Waals surface area (Å²) in [4.78, 5) is 41.3. The molecule has 3 rings (SSSR count). The van der Waals surface area contributed by atoms with Crippen molar-refractivity contribution >= 4 is 51.8 Å². The van der Waals surface area contributed by atoms with Crippen molar-refractivity contribution in [1.29, 1.82) is 0 Å². The van der Waals surface area contributed by atoms with E-state index in [2.05, 4.69) is 5.32 Å². The molecule has 1 aliphatic rings. The number of ether oxygens (including phenoxy) is 2. The van der Waals surface area contributed by atoms with Gasteiger partial charge in [-0.2, -0.15) is 0 Å². The molecule has 2 heterocycles. The van der Waals surface area contributed by atoms with E-state index in [1.54, 1.807) is 17.9 Å². The van der Waals surface area contributed by atoms with E-state index in [1.165, 1.54) is 30.2 Å². The topological polar surface area (TPSA) is 111 Å². The molecule has 1 atom stereocenters. The minimum Gasteiger partial charge on any atom is -0.465 e. The largest absolute Gasteiger partial charge is 0.465 e. The second kappa shape index (κ2) is 10.0. The lowest BCUT2D eigenvalue weighted by atomic mass is 10.0. The number of nitrogens with one attached hydrogen (secondary N) is 1. The van der Waals surface area contributed by atoms with E-state index < -0.39 is 22.9 Å². The minimum absolute atomic E-state index is 0.241. The Balaban J connectivity index is 1.79. The number of hydrogen-bond acceptors (Lipinski definition) is 8. The summed E-state index contributed by atoms with van der Waals surface area (Å²) < 4.78 is 10.5. The Morgan fingerprint density at radius 2 is 2.00 bits per heavy atom. The van der Waals surface area contributed by atoms with Gasteiger partial charge in [0.1, 0.15) is 10.6 Å². The van der Waals surface area contributed by atoms with Gasteiger partial charge >= 0.3 is 12.1 Å². The number of nitrogens with zero attached hydrogens (tertiary/aromatic N) is 1. The van der Waals surface area contributed by atoms with Crippen molar-refractivity contribution in [2.75, 3.05) is 24.7 Å². The molecule has 1 aromatic carbocycles. The number of thiophene rings is 1. The molecule has 1 aliphatic heterocycles. The number of nitrogen functional groups attached to an aromatic ring is 1. The van der Waals surface area contributed by atoms with Gasteiger partial charge in [-0.15, -0.1) is 23.1 Å². The fraction of sp³-hybridized carbons (Fsp3) is 0.435. The van der Waals surface area contributed by atoms with Gasteiger partial charge in [-0.1, -0.05) is 6.07 Å². The Morgan fingerprint density at radius 3 is 2.64 bits per heavy atom. The highest BCUT2D eigenvalue weighted by Gasteiger charge is 2.33. The molecule has 8 nitrogen and oxygen atoms in total. The Morgan fingerprint density at radius 1 is 1.27 bits per heavy atom. The van der Waals surface area contributed by atoms with Crippen molar-refractivity contribution in [3.05, 3.63) is 40.3 Å². The van der Waals surface area contributed by atoms with Crippen LogP contribution in [0, 0.1) is 0 Å². The molecule has 0 saturated heterocycles. The summed E-state index contributed by atoms with van der Waals surface area (Å²) in [6.45, 7) is 7.96. The predicted molar refractivity (Wildman–Crippen MR) is 131 cm³/mol. The summed E-state index contributed by atoms with van der Waals surface area (Å²) in [5.41, 5.74) is 7.01. The molecule has 0 bridgehead atoms. The molecule has 1 aromatic heterocycles. The molecule has 0 radical (unpaired) electrons. The Bertz CT molecular complexity index is 1060. The number of nitrogens with two attached hydrogens (primary N) is 1. The number of thioether (sulfide) groups is 1. The average molecular weight is 492 g/mol.